The van der Waals surface area contributed by atoms with Gasteiger partial charge in [-0.15, -0.1) is 6.58 Å². The Balaban J connectivity index is 2.44. The molecule has 0 aliphatic carbocycles. The Labute approximate surface area is 101 Å². The highest BCUT2D eigenvalue weighted by atomic mass is 16.3. The summed E-state index contributed by atoms with van der Waals surface area (Å²) >= 11 is 0. The molecule has 0 saturated carbocycles. The fourth-order valence-corrected chi connectivity index (χ4v) is 1.83. The van der Waals surface area contributed by atoms with Gasteiger partial charge in [0.15, 0.2) is 0 Å². The molecule has 0 bridgehead atoms. The average Bonchev–Trinajstić information content (AvgIpc) is 2.40. The van der Waals surface area contributed by atoms with Crippen LogP contribution >= 0.6 is 0 Å². The standard InChI is InChI=1S/C15H15NO/c1-2-7-15(17)13-9-4-3-8-12(13)14-10-5-6-11-16-14/h2-6,8-11,15,17H,1,7H2. The van der Waals surface area contributed by atoms with Gasteiger partial charge in [0.05, 0.1) is 11.8 Å². The van der Waals surface area contributed by atoms with Crippen molar-refractivity contribution in [2.45, 2.75) is 12.5 Å². The number of rotatable bonds is 4. The molecule has 86 valence electrons. The first-order chi connectivity index (χ1) is 8.33. The van der Waals surface area contributed by atoms with Crippen LogP contribution in [0.5, 0.6) is 0 Å². The van der Waals surface area contributed by atoms with Crippen LogP contribution in [-0.4, -0.2) is 10.1 Å². The van der Waals surface area contributed by atoms with Crippen LogP contribution in [0.1, 0.15) is 18.1 Å². The normalized spacial score (nSPS) is 12.1. The van der Waals surface area contributed by atoms with Gasteiger partial charge in [0, 0.05) is 11.8 Å². The molecule has 0 aliphatic rings. The van der Waals surface area contributed by atoms with Crippen molar-refractivity contribution in [3.63, 3.8) is 0 Å². The van der Waals surface area contributed by atoms with E-state index in [-0.39, 0.29) is 0 Å². The van der Waals surface area contributed by atoms with Crippen molar-refractivity contribution in [1.29, 1.82) is 0 Å². The molecular formula is C15H15NO. The lowest BCUT2D eigenvalue weighted by Gasteiger charge is -2.13. The van der Waals surface area contributed by atoms with E-state index in [2.05, 4.69) is 11.6 Å². The first-order valence-corrected chi connectivity index (χ1v) is 5.62. The third-order valence-corrected chi connectivity index (χ3v) is 2.65. The van der Waals surface area contributed by atoms with Gasteiger partial charge >= 0.3 is 0 Å². The summed E-state index contributed by atoms with van der Waals surface area (Å²) in [5, 5.41) is 10.1. The Hall–Kier alpha value is -1.93. The number of benzene rings is 1. The summed E-state index contributed by atoms with van der Waals surface area (Å²) < 4.78 is 0. The van der Waals surface area contributed by atoms with Gasteiger partial charge in [-0.1, -0.05) is 36.4 Å². The predicted molar refractivity (Wildman–Crippen MR) is 69.4 cm³/mol. The van der Waals surface area contributed by atoms with Crippen molar-refractivity contribution in [2.75, 3.05) is 0 Å². The number of pyridine rings is 1. The highest BCUT2D eigenvalue weighted by Gasteiger charge is 2.12. The minimum Gasteiger partial charge on any atom is -0.388 e. The van der Waals surface area contributed by atoms with Gasteiger partial charge in [-0.2, -0.15) is 0 Å². The SMILES string of the molecule is C=CCC(O)c1ccccc1-c1ccccn1. The van der Waals surface area contributed by atoms with Crippen LogP contribution < -0.4 is 0 Å². The largest absolute Gasteiger partial charge is 0.388 e. The summed E-state index contributed by atoms with van der Waals surface area (Å²) in [6, 6.07) is 13.6. The van der Waals surface area contributed by atoms with E-state index < -0.39 is 6.10 Å². The van der Waals surface area contributed by atoms with Crippen molar-refractivity contribution in [1.82, 2.24) is 4.98 Å². The van der Waals surface area contributed by atoms with Crippen molar-refractivity contribution >= 4 is 0 Å². The van der Waals surface area contributed by atoms with Crippen LogP contribution in [0.2, 0.25) is 0 Å². The molecule has 1 unspecified atom stereocenters. The second kappa shape index (κ2) is 5.41. The Morgan fingerprint density at radius 1 is 1.18 bits per heavy atom. The average molecular weight is 225 g/mol. The van der Waals surface area contributed by atoms with E-state index in [1.54, 1.807) is 12.3 Å². The molecule has 1 atom stereocenters. The molecule has 2 rings (SSSR count). The van der Waals surface area contributed by atoms with E-state index >= 15 is 0 Å². The van der Waals surface area contributed by atoms with Crippen molar-refractivity contribution in [3.05, 3.63) is 66.9 Å². The van der Waals surface area contributed by atoms with Crippen molar-refractivity contribution < 1.29 is 5.11 Å². The maximum atomic E-state index is 10.1. The molecule has 2 nitrogen and oxygen atoms in total. The molecule has 0 saturated heterocycles. The second-order valence-electron chi connectivity index (χ2n) is 3.84. The molecule has 1 N–H and O–H groups in total. The highest BCUT2D eigenvalue weighted by molar-refractivity contribution is 5.63. The molecule has 17 heavy (non-hydrogen) atoms. The molecule has 1 aromatic heterocycles. The third-order valence-electron chi connectivity index (χ3n) is 2.65. The number of hydrogen-bond acceptors (Lipinski definition) is 2. The van der Waals surface area contributed by atoms with E-state index in [9.17, 15) is 5.11 Å². The first-order valence-electron chi connectivity index (χ1n) is 5.62. The minimum atomic E-state index is -0.522. The van der Waals surface area contributed by atoms with Crippen LogP contribution in [0.3, 0.4) is 0 Å². The Morgan fingerprint density at radius 3 is 2.65 bits per heavy atom. The fraction of sp³-hybridized carbons (Fsp3) is 0.133. The van der Waals surface area contributed by atoms with E-state index in [0.29, 0.717) is 6.42 Å². The van der Waals surface area contributed by atoms with Crippen molar-refractivity contribution in [2.24, 2.45) is 0 Å². The molecular weight excluding hydrogens is 210 g/mol. The van der Waals surface area contributed by atoms with Crippen LogP contribution in [0.25, 0.3) is 11.3 Å². The predicted octanol–water partition coefficient (Wildman–Crippen LogP) is 3.36. The molecule has 1 heterocycles. The van der Waals surface area contributed by atoms with Gasteiger partial charge < -0.3 is 5.11 Å². The summed E-state index contributed by atoms with van der Waals surface area (Å²) in [6.45, 7) is 3.65. The third kappa shape index (κ3) is 2.60. The topological polar surface area (TPSA) is 33.1 Å². The summed E-state index contributed by atoms with van der Waals surface area (Å²) in [5.41, 5.74) is 2.75. The van der Waals surface area contributed by atoms with Gasteiger partial charge in [-0.05, 0) is 24.1 Å². The van der Waals surface area contributed by atoms with Gasteiger partial charge in [0.25, 0.3) is 0 Å². The molecule has 0 spiro atoms. The maximum absolute atomic E-state index is 10.1. The molecule has 0 radical (unpaired) electrons. The number of aromatic nitrogens is 1. The Kier molecular flexibility index (Phi) is 3.68. The number of hydrogen-bond donors (Lipinski definition) is 1. The molecule has 1 aromatic carbocycles. The molecule has 2 heteroatoms. The quantitative estimate of drug-likeness (QED) is 0.809. The van der Waals surface area contributed by atoms with E-state index in [1.807, 2.05) is 42.5 Å². The maximum Gasteiger partial charge on any atom is 0.0830 e. The lowest BCUT2D eigenvalue weighted by Crippen LogP contribution is -1.99. The summed E-state index contributed by atoms with van der Waals surface area (Å²) in [7, 11) is 0. The zero-order chi connectivity index (χ0) is 12.1. The van der Waals surface area contributed by atoms with Crippen LogP contribution in [0, 0.1) is 0 Å². The molecule has 0 amide bonds. The molecule has 0 fully saturated rings. The first kappa shape index (κ1) is 11.6. The molecule has 0 aliphatic heterocycles. The molecule has 2 aromatic rings. The zero-order valence-corrected chi connectivity index (χ0v) is 9.58. The van der Waals surface area contributed by atoms with Crippen molar-refractivity contribution in [3.8, 4) is 11.3 Å². The number of nitrogens with zero attached hydrogens (tertiary/aromatic N) is 1. The lowest BCUT2D eigenvalue weighted by molar-refractivity contribution is 0.182. The number of aliphatic hydroxyl groups excluding tert-OH is 1. The lowest BCUT2D eigenvalue weighted by atomic mass is 9.98. The van der Waals surface area contributed by atoms with Gasteiger partial charge in [0.2, 0.25) is 0 Å². The van der Waals surface area contributed by atoms with Gasteiger partial charge in [-0.3, -0.25) is 4.98 Å². The van der Waals surface area contributed by atoms with Crippen LogP contribution in [-0.2, 0) is 0 Å². The van der Waals surface area contributed by atoms with E-state index in [1.165, 1.54) is 0 Å². The van der Waals surface area contributed by atoms with E-state index in [0.717, 1.165) is 16.8 Å². The van der Waals surface area contributed by atoms with Crippen LogP contribution in [0.4, 0.5) is 0 Å². The highest BCUT2D eigenvalue weighted by Crippen LogP contribution is 2.28. The summed E-state index contributed by atoms with van der Waals surface area (Å²) in [4.78, 5) is 4.32. The smallest absolute Gasteiger partial charge is 0.0830 e. The Bertz CT molecular complexity index is 493. The number of aliphatic hydroxyl groups is 1. The van der Waals surface area contributed by atoms with Gasteiger partial charge in [0.1, 0.15) is 0 Å². The van der Waals surface area contributed by atoms with Crippen LogP contribution in [0.15, 0.2) is 61.3 Å². The summed E-state index contributed by atoms with van der Waals surface area (Å²) in [6.07, 6.45) is 3.50. The van der Waals surface area contributed by atoms with E-state index in [4.69, 9.17) is 0 Å². The van der Waals surface area contributed by atoms with Gasteiger partial charge in [-0.25, -0.2) is 0 Å². The summed E-state index contributed by atoms with van der Waals surface area (Å²) in [5.74, 6) is 0. The zero-order valence-electron chi connectivity index (χ0n) is 9.58. The minimum absolute atomic E-state index is 0.522. The Morgan fingerprint density at radius 2 is 1.94 bits per heavy atom. The second-order valence-corrected chi connectivity index (χ2v) is 3.84. The monoisotopic (exact) mass is 225 g/mol. The fourth-order valence-electron chi connectivity index (χ4n) is 1.83.